The van der Waals surface area contributed by atoms with Crippen molar-refractivity contribution in [3.05, 3.63) is 48.0 Å². The maximum Gasteiger partial charge on any atom is 0.0294 e. The summed E-state index contributed by atoms with van der Waals surface area (Å²) in [7, 11) is 2.22. The summed E-state index contributed by atoms with van der Waals surface area (Å²) in [5.41, 5.74) is 1.39. The van der Waals surface area contributed by atoms with Crippen LogP contribution in [0.1, 0.15) is 31.9 Å². The largest absolute Gasteiger partial charge is 0.307 e. The van der Waals surface area contributed by atoms with Crippen molar-refractivity contribution < 1.29 is 0 Å². The van der Waals surface area contributed by atoms with E-state index in [1.807, 2.05) is 0 Å². The molecule has 0 aliphatic carbocycles. The number of benzene rings is 2. The standard InChI is InChI=1S/C19H26N2/c1-14-13-21(3)11-10-19(14)20-15(2)17-9-8-16-6-4-5-7-18(16)12-17/h4-9,12,14-15,19-20H,10-11,13H2,1-3H3. The minimum Gasteiger partial charge on any atom is -0.307 e. The third-order valence-corrected chi connectivity index (χ3v) is 4.85. The lowest BCUT2D eigenvalue weighted by atomic mass is 9.92. The quantitative estimate of drug-likeness (QED) is 0.920. The van der Waals surface area contributed by atoms with Gasteiger partial charge in [0.2, 0.25) is 0 Å². The molecule has 1 aliphatic rings. The Morgan fingerprint density at radius 1 is 1.14 bits per heavy atom. The zero-order chi connectivity index (χ0) is 14.8. The van der Waals surface area contributed by atoms with Crippen molar-refractivity contribution in [2.45, 2.75) is 32.4 Å². The second-order valence-corrected chi connectivity index (χ2v) is 6.63. The molecular formula is C19H26N2. The number of rotatable bonds is 3. The van der Waals surface area contributed by atoms with Gasteiger partial charge in [0.1, 0.15) is 0 Å². The van der Waals surface area contributed by atoms with Crippen LogP contribution in [0.4, 0.5) is 0 Å². The molecular weight excluding hydrogens is 256 g/mol. The summed E-state index contributed by atoms with van der Waals surface area (Å²) in [6, 6.07) is 16.5. The Kier molecular flexibility index (Phi) is 4.27. The van der Waals surface area contributed by atoms with Crippen LogP contribution in [0, 0.1) is 5.92 Å². The molecule has 0 spiro atoms. The Bertz CT molecular complexity index is 607. The molecule has 0 saturated carbocycles. The number of hydrogen-bond acceptors (Lipinski definition) is 2. The second kappa shape index (κ2) is 6.17. The van der Waals surface area contributed by atoms with E-state index in [4.69, 9.17) is 0 Å². The molecule has 0 radical (unpaired) electrons. The molecule has 1 heterocycles. The van der Waals surface area contributed by atoms with Crippen LogP contribution in [0.25, 0.3) is 10.8 Å². The van der Waals surface area contributed by atoms with Crippen LogP contribution < -0.4 is 5.32 Å². The molecule has 112 valence electrons. The number of likely N-dealkylation sites (tertiary alicyclic amines) is 1. The van der Waals surface area contributed by atoms with Crippen LogP contribution in [0.2, 0.25) is 0 Å². The number of nitrogens with one attached hydrogen (secondary N) is 1. The van der Waals surface area contributed by atoms with E-state index in [9.17, 15) is 0 Å². The molecule has 0 bridgehead atoms. The zero-order valence-electron chi connectivity index (χ0n) is 13.3. The van der Waals surface area contributed by atoms with Crippen molar-refractivity contribution in [2.24, 2.45) is 5.92 Å². The molecule has 0 aromatic heterocycles. The van der Waals surface area contributed by atoms with Gasteiger partial charge in [0.25, 0.3) is 0 Å². The molecule has 0 amide bonds. The van der Waals surface area contributed by atoms with Gasteiger partial charge in [-0.1, -0.05) is 43.3 Å². The third-order valence-electron chi connectivity index (χ3n) is 4.85. The number of hydrogen-bond donors (Lipinski definition) is 1. The Labute approximate surface area is 128 Å². The van der Waals surface area contributed by atoms with Gasteiger partial charge < -0.3 is 10.2 Å². The lowest BCUT2D eigenvalue weighted by molar-refractivity contribution is 0.168. The van der Waals surface area contributed by atoms with E-state index in [0.717, 1.165) is 0 Å². The molecule has 3 unspecified atom stereocenters. The van der Waals surface area contributed by atoms with E-state index in [1.54, 1.807) is 0 Å². The molecule has 3 atom stereocenters. The minimum atomic E-state index is 0.408. The molecule has 2 aromatic rings. The van der Waals surface area contributed by atoms with Gasteiger partial charge in [-0.25, -0.2) is 0 Å². The van der Waals surface area contributed by atoms with Gasteiger partial charge in [0.15, 0.2) is 0 Å². The molecule has 1 aliphatic heterocycles. The average Bonchev–Trinajstić information content (AvgIpc) is 2.49. The highest BCUT2D eigenvalue weighted by Crippen LogP contribution is 2.23. The number of piperidine rings is 1. The fourth-order valence-electron chi connectivity index (χ4n) is 3.50. The first kappa shape index (κ1) is 14.6. The highest BCUT2D eigenvalue weighted by Gasteiger charge is 2.25. The van der Waals surface area contributed by atoms with Crippen LogP contribution in [0.5, 0.6) is 0 Å². The van der Waals surface area contributed by atoms with Crippen molar-refractivity contribution in [3.63, 3.8) is 0 Å². The number of fused-ring (bicyclic) bond motifs is 1. The third kappa shape index (κ3) is 3.28. The summed E-state index contributed by atoms with van der Waals surface area (Å²) in [5.74, 6) is 0.714. The van der Waals surface area contributed by atoms with Gasteiger partial charge in [0, 0.05) is 18.6 Å². The Morgan fingerprint density at radius 3 is 2.67 bits per heavy atom. The van der Waals surface area contributed by atoms with Crippen LogP contribution in [0.15, 0.2) is 42.5 Å². The van der Waals surface area contributed by atoms with Gasteiger partial charge in [-0.15, -0.1) is 0 Å². The van der Waals surface area contributed by atoms with Gasteiger partial charge in [0.05, 0.1) is 0 Å². The summed E-state index contributed by atoms with van der Waals surface area (Å²) < 4.78 is 0. The average molecular weight is 282 g/mol. The van der Waals surface area contributed by atoms with E-state index < -0.39 is 0 Å². The van der Waals surface area contributed by atoms with E-state index in [2.05, 4.69) is 73.6 Å². The fourth-order valence-corrected chi connectivity index (χ4v) is 3.50. The van der Waals surface area contributed by atoms with E-state index in [-0.39, 0.29) is 0 Å². The highest BCUT2D eigenvalue weighted by atomic mass is 15.1. The predicted octanol–water partition coefficient (Wildman–Crippen LogP) is 3.83. The number of nitrogens with zero attached hydrogens (tertiary/aromatic N) is 1. The first-order valence-corrected chi connectivity index (χ1v) is 8.07. The predicted molar refractivity (Wildman–Crippen MR) is 90.6 cm³/mol. The van der Waals surface area contributed by atoms with Crippen molar-refractivity contribution in [2.75, 3.05) is 20.1 Å². The van der Waals surface area contributed by atoms with Gasteiger partial charge >= 0.3 is 0 Å². The fraction of sp³-hybridized carbons (Fsp3) is 0.474. The first-order chi connectivity index (χ1) is 10.1. The molecule has 3 rings (SSSR count). The first-order valence-electron chi connectivity index (χ1n) is 8.07. The molecule has 2 nitrogen and oxygen atoms in total. The lowest BCUT2D eigenvalue weighted by Gasteiger charge is -2.37. The van der Waals surface area contributed by atoms with Gasteiger partial charge in [-0.3, -0.25) is 0 Å². The Morgan fingerprint density at radius 2 is 1.90 bits per heavy atom. The normalized spacial score (nSPS) is 25.1. The SMILES string of the molecule is CC(NC1CCN(C)CC1C)c1ccc2ccccc2c1. The summed E-state index contributed by atoms with van der Waals surface area (Å²) in [5, 5.41) is 6.50. The molecule has 2 aromatic carbocycles. The summed E-state index contributed by atoms with van der Waals surface area (Å²) in [4.78, 5) is 2.43. The maximum absolute atomic E-state index is 3.84. The van der Waals surface area contributed by atoms with E-state index >= 15 is 0 Å². The van der Waals surface area contributed by atoms with E-state index in [1.165, 1.54) is 35.8 Å². The van der Waals surface area contributed by atoms with Crippen LogP contribution >= 0.6 is 0 Å². The molecule has 1 N–H and O–H groups in total. The molecule has 1 saturated heterocycles. The topological polar surface area (TPSA) is 15.3 Å². The molecule has 21 heavy (non-hydrogen) atoms. The van der Waals surface area contributed by atoms with Crippen LogP contribution in [-0.2, 0) is 0 Å². The maximum atomic E-state index is 3.84. The van der Waals surface area contributed by atoms with E-state index in [0.29, 0.717) is 18.0 Å². The molecule has 1 fully saturated rings. The van der Waals surface area contributed by atoms with Crippen molar-refractivity contribution in [1.29, 1.82) is 0 Å². The van der Waals surface area contributed by atoms with Gasteiger partial charge in [-0.2, -0.15) is 0 Å². The monoisotopic (exact) mass is 282 g/mol. The van der Waals surface area contributed by atoms with Crippen LogP contribution in [0.3, 0.4) is 0 Å². The Hall–Kier alpha value is -1.38. The second-order valence-electron chi connectivity index (χ2n) is 6.63. The zero-order valence-corrected chi connectivity index (χ0v) is 13.3. The van der Waals surface area contributed by atoms with Gasteiger partial charge in [-0.05, 0) is 55.3 Å². The Balaban J connectivity index is 1.73. The van der Waals surface area contributed by atoms with Crippen molar-refractivity contribution in [3.8, 4) is 0 Å². The summed E-state index contributed by atoms with van der Waals surface area (Å²) in [6.45, 7) is 7.05. The van der Waals surface area contributed by atoms with Crippen molar-refractivity contribution in [1.82, 2.24) is 10.2 Å². The van der Waals surface area contributed by atoms with Crippen molar-refractivity contribution >= 4 is 10.8 Å². The summed E-state index contributed by atoms with van der Waals surface area (Å²) in [6.07, 6.45) is 1.25. The lowest BCUT2D eigenvalue weighted by Crippen LogP contribution is -2.47. The highest BCUT2D eigenvalue weighted by molar-refractivity contribution is 5.83. The molecule has 2 heteroatoms. The summed E-state index contributed by atoms with van der Waals surface area (Å²) >= 11 is 0. The smallest absolute Gasteiger partial charge is 0.0294 e. The minimum absolute atomic E-state index is 0.408. The van der Waals surface area contributed by atoms with Crippen LogP contribution in [-0.4, -0.2) is 31.1 Å².